The first kappa shape index (κ1) is 55.6. The third-order valence-corrected chi connectivity index (χ3v) is 9.54. The van der Waals surface area contributed by atoms with E-state index < -0.39 is 32.5 Å². The molecule has 334 valence electrons. The molecular formula is C48H78NO9P. The van der Waals surface area contributed by atoms with Crippen molar-refractivity contribution in [3.8, 4) is 0 Å². The van der Waals surface area contributed by atoms with Crippen LogP contribution >= 0.6 is 7.82 Å². The van der Waals surface area contributed by atoms with Gasteiger partial charge in [-0.05, 0) is 76.7 Å². The lowest BCUT2D eigenvalue weighted by molar-refractivity contribution is -0.870. The summed E-state index contributed by atoms with van der Waals surface area (Å²) in [4.78, 5) is 49.3. The van der Waals surface area contributed by atoms with E-state index in [-0.39, 0.29) is 31.8 Å². The molecule has 11 heteroatoms. The van der Waals surface area contributed by atoms with Gasteiger partial charge >= 0.3 is 11.9 Å². The molecule has 0 heterocycles. The minimum Gasteiger partial charge on any atom is -0.756 e. The Bertz CT molecular complexity index is 1380. The van der Waals surface area contributed by atoms with Crippen LogP contribution < -0.4 is 4.89 Å². The number of hydrogen-bond acceptors (Lipinski definition) is 9. The first-order valence-electron chi connectivity index (χ1n) is 21.9. The normalized spacial score (nSPS) is 14.4. The van der Waals surface area contributed by atoms with E-state index in [9.17, 15) is 23.8 Å². The molecule has 0 radical (unpaired) electrons. The van der Waals surface area contributed by atoms with Gasteiger partial charge in [-0.1, -0.05) is 137 Å². The molecule has 0 saturated carbocycles. The first-order valence-corrected chi connectivity index (χ1v) is 23.4. The van der Waals surface area contributed by atoms with Crippen molar-refractivity contribution in [2.75, 3.05) is 47.5 Å². The molecule has 0 aliphatic heterocycles. The Morgan fingerprint density at radius 1 is 0.593 bits per heavy atom. The van der Waals surface area contributed by atoms with Gasteiger partial charge in [-0.2, -0.15) is 0 Å². The number of unbranched alkanes of at least 4 members (excludes halogenated alkanes) is 7. The number of likely N-dealkylation sites (N-methyl/N-ethyl adjacent to an activating group) is 1. The molecule has 0 aromatic heterocycles. The number of quaternary nitrogens is 1. The maximum absolute atomic E-state index is 12.6. The number of hydrogen-bond donors (Lipinski definition) is 0. The number of carbonyl (C=O) groups excluding carboxylic acids is 3. The minimum absolute atomic E-state index is 0.0643. The van der Waals surface area contributed by atoms with Crippen molar-refractivity contribution < 1.29 is 46.8 Å². The summed E-state index contributed by atoms with van der Waals surface area (Å²) < 4.78 is 33.7. The molecule has 0 rings (SSSR count). The summed E-state index contributed by atoms with van der Waals surface area (Å²) in [6.07, 6.45) is 47.2. The Hall–Kier alpha value is -3.40. The Balaban J connectivity index is 4.58. The molecule has 59 heavy (non-hydrogen) atoms. The van der Waals surface area contributed by atoms with Crippen LogP contribution in [0.15, 0.2) is 97.2 Å². The number of phosphoric ester groups is 1. The molecule has 0 fully saturated rings. The fourth-order valence-corrected chi connectivity index (χ4v) is 5.86. The Morgan fingerprint density at radius 2 is 1.15 bits per heavy atom. The molecule has 0 bridgehead atoms. The Labute approximate surface area is 358 Å². The summed E-state index contributed by atoms with van der Waals surface area (Å²) in [5.41, 5.74) is 0. The highest BCUT2D eigenvalue weighted by atomic mass is 31.2. The maximum Gasteiger partial charge on any atom is 0.306 e. The average Bonchev–Trinajstić information content (AvgIpc) is 3.18. The number of allylic oxidation sites excluding steroid dienone is 16. The lowest BCUT2D eigenvalue weighted by Gasteiger charge is -2.28. The SMILES string of the molecule is CC/C=C\C/C=C\C/C=C\C/C=C\C/C=C\C/C=C\CCC(=O)O[C@H](COC(=O)CCCCCCC/C=C\C=C\C(=O)CCCCC)COP(=O)([O-])OCC[N+](C)(C)C. The van der Waals surface area contributed by atoms with E-state index in [2.05, 4.69) is 80.7 Å². The third-order valence-electron chi connectivity index (χ3n) is 8.58. The fourth-order valence-electron chi connectivity index (χ4n) is 5.13. The number of ketones is 1. The van der Waals surface area contributed by atoms with Crippen LogP contribution in [0, 0.1) is 0 Å². The molecule has 0 aromatic carbocycles. The minimum atomic E-state index is -4.67. The van der Waals surface area contributed by atoms with Crippen molar-refractivity contribution in [3.05, 3.63) is 97.2 Å². The van der Waals surface area contributed by atoms with Crippen molar-refractivity contribution in [1.29, 1.82) is 0 Å². The zero-order chi connectivity index (χ0) is 43.7. The van der Waals surface area contributed by atoms with Crippen LogP contribution in [0.25, 0.3) is 0 Å². The van der Waals surface area contributed by atoms with E-state index in [1.54, 1.807) is 6.08 Å². The van der Waals surface area contributed by atoms with Gasteiger partial charge in [-0.15, -0.1) is 0 Å². The molecule has 0 amide bonds. The van der Waals surface area contributed by atoms with Crippen LogP contribution in [0.2, 0.25) is 0 Å². The molecule has 2 atom stereocenters. The third kappa shape index (κ3) is 42.5. The van der Waals surface area contributed by atoms with Gasteiger partial charge in [0.2, 0.25) is 0 Å². The molecule has 0 aliphatic carbocycles. The van der Waals surface area contributed by atoms with E-state index in [0.29, 0.717) is 30.3 Å². The largest absolute Gasteiger partial charge is 0.756 e. The lowest BCUT2D eigenvalue weighted by atomic mass is 10.1. The predicted octanol–water partition coefficient (Wildman–Crippen LogP) is 11.1. The van der Waals surface area contributed by atoms with Crippen LogP contribution in [-0.4, -0.2) is 75.8 Å². The van der Waals surface area contributed by atoms with E-state index in [0.717, 1.165) is 89.9 Å². The average molecular weight is 844 g/mol. The zero-order valence-electron chi connectivity index (χ0n) is 37.1. The Morgan fingerprint density at radius 3 is 1.75 bits per heavy atom. The van der Waals surface area contributed by atoms with Gasteiger partial charge in [0, 0.05) is 19.3 Å². The monoisotopic (exact) mass is 844 g/mol. The standard InChI is InChI=1S/C48H78NO9P/c1-6-8-10-11-12-13-14-15-16-17-18-19-20-21-22-25-29-32-36-40-48(52)58-46(44-57-59(53,54)56-42-41-49(3,4)5)43-55-47(51)39-35-31-28-26-23-24-27-30-34-38-45(50)37-33-9-7-2/h8,10,12-13,15-16,18-19,21-22,27,29-30,32,34,38,46H,6-7,9,11,14,17,20,23-26,28,31,33,35-37,39-44H2,1-5H3/b10-8-,13-12-,16-15-,19-18-,22-21-,30-27-,32-29-,38-34+/t46-/m1/s1. The van der Waals surface area contributed by atoms with Crippen molar-refractivity contribution in [2.45, 2.75) is 142 Å². The van der Waals surface area contributed by atoms with Crippen LogP contribution in [0.5, 0.6) is 0 Å². The number of carbonyl (C=O) groups is 3. The predicted molar refractivity (Wildman–Crippen MR) is 240 cm³/mol. The molecule has 0 aromatic rings. The summed E-state index contributed by atoms with van der Waals surface area (Å²) in [6.45, 7) is 3.78. The number of phosphoric acid groups is 1. The van der Waals surface area contributed by atoms with Crippen LogP contribution in [-0.2, 0) is 37.5 Å². The van der Waals surface area contributed by atoms with Gasteiger partial charge in [0.15, 0.2) is 11.9 Å². The topological polar surface area (TPSA) is 128 Å². The molecule has 0 N–H and O–H groups in total. The van der Waals surface area contributed by atoms with Crippen molar-refractivity contribution in [2.24, 2.45) is 0 Å². The second-order valence-corrected chi connectivity index (χ2v) is 16.8. The number of ether oxygens (including phenoxy) is 2. The van der Waals surface area contributed by atoms with E-state index >= 15 is 0 Å². The first-order chi connectivity index (χ1) is 28.4. The van der Waals surface area contributed by atoms with E-state index in [1.165, 1.54) is 0 Å². The summed E-state index contributed by atoms with van der Waals surface area (Å²) in [5, 5.41) is 0. The number of esters is 2. The highest BCUT2D eigenvalue weighted by molar-refractivity contribution is 7.45. The fraction of sp³-hybridized carbons (Fsp3) is 0.604. The highest BCUT2D eigenvalue weighted by Gasteiger charge is 2.21. The summed E-state index contributed by atoms with van der Waals surface area (Å²) in [7, 11) is 1.05. The maximum atomic E-state index is 12.6. The molecular weight excluding hydrogens is 766 g/mol. The van der Waals surface area contributed by atoms with Crippen molar-refractivity contribution in [1.82, 2.24) is 0 Å². The second kappa shape index (κ2) is 38.8. The summed E-state index contributed by atoms with van der Waals surface area (Å²) >= 11 is 0. The second-order valence-electron chi connectivity index (χ2n) is 15.4. The van der Waals surface area contributed by atoms with Gasteiger partial charge in [0.25, 0.3) is 7.82 Å². The van der Waals surface area contributed by atoms with Gasteiger partial charge in [0.05, 0.1) is 27.7 Å². The van der Waals surface area contributed by atoms with Crippen molar-refractivity contribution in [3.63, 3.8) is 0 Å². The zero-order valence-corrected chi connectivity index (χ0v) is 38.0. The summed E-state index contributed by atoms with van der Waals surface area (Å²) in [5.74, 6) is -0.835. The van der Waals surface area contributed by atoms with Gasteiger partial charge in [-0.3, -0.25) is 18.9 Å². The lowest BCUT2D eigenvalue weighted by Crippen LogP contribution is -2.37. The van der Waals surface area contributed by atoms with Crippen LogP contribution in [0.3, 0.4) is 0 Å². The highest BCUT2D eigenvalue weighted by Crippen LogP contribution is 2.38. The molecule has 1 unspecified atom stereocenters. The van der Waals surface area contributed by atoms with Gasteiger partial charge < -0.3 is 27.9 Å². The summed E-state index contributed by atoms with van der Waals surface area (Å²) in [6, 6.07) is 0. The molecule has 0 spiro atoms. The van der Waals surface area contributed by atoms with Crippen LogP contribution in [0.1, 0.15) is 136 Å². The van der Waals surface area contributed by atoms with Crippen LogP contribution in [0.4, 0.5) is 0 Å². The number of rotatable bonds is 38. The molecule has 10 nitrogen and oxygen atoms in total. The van der Waals surface area contributed by atoms with Gasteiger partial charge in [0.1, 0.15) is 19.8 Å². The quantitative estimate of drug-likeness (QED) is 0.0113. The van der Waals surface area contributed by atoms with E-state index in [1.807, 2.05) is 45.4 Å². The van der Waals surface area contributed by atoms with Gasteiger partial charge in [-0.25, -0.2) is 0 Å². The van der Waals surface area contributed by atoms with Crippen molar-refractivity contribution >= 4 is 25.5 Å². The molecule has 0 aliphatic rings. The Kier molecular flexibility index (Phi) is 36.5. The number of nitrogens with zero attached hydrogens (tertiary/aromatic N) is 1. The smallest absolute Gasteiger partial charge is 0.306 e. The van der Waals surface area contributed by atoms with E-state index in [4.69, 9.17) is 18.5 Å². The molecule has 0 saturated heterocycles.